The second-order valence-electron chi connectivity index (χ2n) is 5.68. The Labute approximate surface area is 159 Å². The van der Waals surface area contributed by atoms with Crippen LogP contribution in [-0.2, 0) is 12.4 Å². The van der Waals surface area contributed by atoms with Gasteiger partial charge in [-0.1, -0.05) is 24.3 Å². The number of anilines is 5. The summed E-state index contributed by atoms with van der Waals surface area (Å²) in [5.41, 5.74) is 2.87. The third kappa shape index (κ3) is 4.83. The highest BCUT2D eigenvalue weighted by atomic mass is 19.4. The van der Waals surface area contributed by atoms with Crippen molar-refractivity contribution in [1.82, 2.24) is 15.0 Å². The van der Waals surface area contributed by atoms with Gasteiger partial charge in [-0.25, -0.2) is 0 Å². The number of para-hydroxylation sites is 2. The molecule has 0 amide bonds. The van der Waals surface area contributed by atoms with E-state index in [9.17, 15) is 26.3 Å². The van der Waals surface area contributed by atoms with Crippen molar-refractivity contribution in [1.29, 1.82) is 0 Å². The first kappa shape index (κ1) is 20.2. The highest BCUT2D eigenvalue weighted by molar-refractivity contribution is 5.63. The third-order valence-corrected chi connectivity index (χ3v) is 3.61. The van der Waals surface area contributed by atoms with Crippen LogP contribution in [0.15, 0.2) is 48.5 Å². The van der Waals surface area contributed by atoms with E-state index in [0.717, 1.165) is 24.3 Å². The van der Waals surface area contributed by atoms with Crippen LogP contribution >= 0.6 is 0 Å². The fraction of sp³-hybridized carbons (Fsp3) is 0.118. The molecule has 3 aromatic rings. The molecule has 4 N–H and O–H groups in total. The molecule has 0 saturated carbocycles. The van der Waals surface area contributed by atoms with Crippen LogP contribution in [0.1, 0.15) is 11.1 Å². The molecule has 0 fully saturated rings. The topological polar surface area (TPSA) is 88.8 Å². The van der Waals surface area contributed by atoms with E-state index in [1.54, 1.807) is 0 Å². The minimum absolute atomic E-state index is 0.354. The second kappa shape index (κ2) is 7.45. The van der Waals surface area contributed by atoms with E-state index in [1.165, 1.54) is 24.3 Å². The molecular weight excluding hydrogens is 402 g/mol. The molecule has 2 aromatic carbocycles. The number of rotatable bonds is 4. The zero-order chi connectivity index (χ0) is 21.2. The Morgan fingerprint density at radius 3 is 1.38 bits per heavy atom. The quantitative estimate of drug-likeness (QED) is 0.522. The van der Waals surface area contributed by atoms with E-state index in [4.69, 9.17) is 5.73 Å². The maximum Gasteiger partial charge on any atom is 0.418 e. The molecule has 0 unspecified atom stereocenters. The number of nitrogens with two attached hydrogens (primary N) is 1. The number of nitrogen functional groups attached to an aromatic ring is 1. The molecule has 0 bridgehead atoms. The van der Waals surface area contributed by atoms with Crippen LogP contribution in [0.3, 0.4) is 0 Å². The summed E-state index contributed by atoms with van der Waals surface area (Å²) in [5, 5.41) is 4.73. The Bertz CT molecular complexity index is 940. The number of halogens is 6. The van der Waals surface area contributed by atoms with Gasteiger partial charge in [0, 0.05) is 0 Å². The summed E-state index contributed by atoms with van der Waals surface area (Å²) in [4.78, 5) is 11.2. The lowest BCUT2D eigenvalue weighted by Gasteiger charge is -2.15. The molecule has 6 nitrogen and oxygen atoms in total. The van der Waals surface area contributed by atoms with Gasteiger partial charge < -0.3 is 16.4 Å². The number of aromatic nitrogens is 3. The summed E-state index contributed by atoms with van der Waals surface area (Å²) >= 11 is 0. The molecule has 0 saturated heterocycles. The van der Waals surface area contributed by atoms with Crippen LogP contribution in [0.2, 0.25) is 0 Å². The van der Waals surface area contributed by atoms with E-state index in [0.29, 0.717) is 0 Å². The van der Waals surface area contributed by atoms with Crippen LogP contribution in [0.5, 0.6) is 0 Å². The monoisotopic (exact) mass is 414 g/mol. The third-order valence-electron chi connectivity index (χ3n) is 3.61. The number of benzene rings is 2. The molecule has 1 heterocycles. The minimum atomic E-state index is -4.64. The van der Waals surface area contributed by atoms with Gasteiger partial charge in [0.1, 0.15) is 0 Å². The van der Waals surface area contributed by atoms with E-state index in [-0.39, 0.29) is 23.3 Å². The molecule has 0 aliphatic heterocycles. The first-order valence-corrected chi connectivity index (χ1v) is 7.92. The highest BCUT2D eigenvalue weighted by Crippen LogP contribution is 2.37. The fourth-order valence-corrected chi connectivity index (χ4v) is 2.42. The van der Waals surface area contributed by atoms with Gasteiger partial charge in [0.2, 0.25) is 17.8 Å². The lowest BCUT2D eigenvalue weighted by Crippen LogP contribution is -2.12. The Balaban J connectivity index is 1.94. The van der Waals surface area contributed by atoms with Crippen LogP contribution in [-0.4, -0.2) is 15.0 Å². The van der Waals surface area contributed by atoms with E-state index >= 15 is 0 Å². The number of alkyl halides is 6. The summed E-state index contributed by atoms with van der Waals surface area (Å²) in [6.45, 7) is 0. The average molecular weight is 414 g/mol. The van der Waals surface area contributed by atoms with Gasteiger partial charge in [0.25, 0.3) is 0 Å². The zero-order valence-corrected chi connectivity index (χ0v) is 14.3. The molecule has 29 heavy (non-hydrogen) atoms. The number of hydrogen-bond donors (Lipinski definition) is 3. The summed E-state index contributed by atoms with van der Waals surface area (Å²) in [6, 6.07) is 9.14. The van der Waals surface area contributed by atoms with E-state index < -0.39 is 29.4 Å². The van der Waals surface area contributed by atoms with Crippen molar-refractivity contribution in [3.63, 3.8) is 0 Å². The van der Waals surface area contributed by atoms with Gasteiger partial charge in [-0.15, -0.1) is 0 Å². The van der Waals surface area contributed by atoms with Gasteiger partial charge in [0.15, 0.2) is 0 Å². The number of nitrogens with one attached hydrogen (secondary N) is 2. The molecule has 0 spiro atoms. The van der Waals surface area contributed by atoms with Gasteiger partial charge in [-0.2, -0.15) is 41.3 Å². The largest absolute Gasteiger partial charge is 0.418 e. The Hall–Kier alpha value is -3.57. The number of hydrogen-bond acceptors (Lipinski definition) is 6. The van der Waals surface area contributed by atoms with Crippen LogP contribution in [0.25, 0.3) is 0 Å². The molecule has 0 aliphatic rings. The van der Waals surface area contributed by atoms with Gasteiger partial charge in [0.05, 0.1) is 22.5 Å². The Kier molecular flexibility index (Phi) is 5.18. The van der Waals surface area contributed by atoms with Crippen molar-refractivity contribution < 1.29 is 26.3 Å². The summed E-state index contributed by atoms with van der Waals surface area (Å²) < 4.78 is 78.7. The number of nitrogens with zero attached hydrogens (tertiary/aromatic N) is 3. The maximum atomic E-state index is 13.1. The summed E-state index contributed by atoms with van der Waals surface area (Å²) in [5.74, 6) is -1.15. The molecule has 1 aromatic heterocycles. The van der Waals surface area contributed by atoms with Crippen molar-refractivity contribution in [2.24, 2.45) is 0 Å². The minimum Gasteiger partial charge on any atom is -0.368 e. The Morgan fingerprint density at radius 1 is 0.621 bits per heavy atom. The molecule has 0 atom stereocenters. The van der Waals surface area contributed by atoms with Crippen molar-refractivity contribution in [2.45, 2.75) is 12.4 Å². The van der Waals surface area contributed by atoms with Crippen molar-refractivity contribution in [3.8, 4) is 0 Å². The second-order valence-corrected chi connectivity index (χ2v) is 5.68. The predicted molar refractivity (Wildman–Crippen MR) is 93.7 cm³/mol. The molecular formula is C17H12F6N6. The van der Waals surface area contributed by atoms with Crippen LogP contribution < -0.4 is 16.4 Å². The zero-order valence-electron chi connectivity index (χ0n) is 14.3. The lowest BCUT2D eigenvalue weighted by molar-refractivity contribution is -0.137. The van der Waals surface area contributed by atoms with Crippen LogP contribution in [0.4, 0.5) is 55.6 Å². The van der Waals surface area contributed by atoms with Gasteiger partial charge >= 0.3 is 12.4 Å². The lowest BCUT2D eigenvalue weighted by atomic mass is 10.1. The molecule has 0 radical (unpaired) electrons. The van der Waals surface area contributed by atoms with Gasteiger partial charge in [-0.05, 0) is 24.3 Å². The Morgan fingerprint density at radius 2 is 1.00 bits per heavy atom. The highest BCUT2D eigenvalue weighted by Gasteiger charge is 2.34. The van der Waals surface area contributed by atoms with Crippen molar-refractivity contribution in [2.75, 3.05) is 16.4 Å². The molecule has 3 rings (SSSR count). The van der Waals surface area contributed by atoms with E-state index in [1.807, 2.05) is 0 Å². The predicted octanol–water partition coefficient (Wildman–Crippen LogP) is 4.98. The molecule has 0 aliphatic carbocycles. The first-order chi connectivity index (χ1) is 13.5. The SMILES string of the molecule is Nc1nc(Nc2ccccc2C(F)(F)F)nc(Nc2ccccc2C(F)(F)F)n1. The summed E-state index contributed by atoms with van der Waals surface area (Å²) in [7, 11) is 0. The molecule has 12 heteroatoms. The smallest absolute Gasteiger partial charge is 0.368 e. The molecule has 152 valence electrons. The van der Waals surface area contributed by atoms with Crippen LogP contribution in [0, 0.1) is 0 Å². The maximum absolute atomic E-state index is 13.1. The fourth-order valence-electron chi connectivity index (χ4n) is 2.42. The first-order valence-electron chi connectivity index (χ1n) is 7.92. The summed E-state index contributed by atoms with van der Waals surface area (Å²) in [6.07, 6.45) is -9.29. The average Bonchev–Trinajstić information content (AvgIpc) is 2.60. The van der Waals surface area contributed by atoms with Crippen molar-refractivity contribution in [3.05, 3.63) is 59.7 Å². The normalized spacial score (nSPS) is 11.9. The van der Waals surface area contributed by atoms with Gasteiger partial charge in [-0.3, -0.25) is 0 Å². The van der Waals surface area contributed by atoms with Crippen molar-refractivity contribution >= 4 is 29.2 Å². The standard InChI is InChI=1S/C17H12F6N6/c18-16(19,20)9-5-1-3-7-11(9)25-14-27-13(24)28-15(29-14)26-12-8-4-2-6-10(12)17(21,22)23/h1-8H,(H4,24,25,26,27,28,29). The van der Waals surface area contributed by atoms with E-state index in [2.05, 4.69) is 25.6 Å².